The van der Waals surface area contributed by atoms with Crippen LogP contribution in [-0.2, 0) is 23.8 Å². The SMILES string of the molecule is CC/C=C\C/C=C\C/C=C\C/C=C\CCCCC(=O)OCC(COCCCCCCCCCCCCCC)OC(=O)CCCCC/C=C\C/C=C\C/C=C\CC. The minimum absolute atomic E-state index is 0.0496. The molecule has 0 aromatic heterocycles. The van der Waals surface area contributed by atoms with Gasteiger partial charge >= 0.3 is 11.9 Å². The number of unbranched alkanes of at least 4 members (excludes halogenated alkanes) is 16. The van der Waals surface area contributed by atoms with Gasteiger partial charge < -0.3 is 14.2 Å². The van der Waals surface area contributed by atoms with E-state index in [9.17, 15) is 9.59 Å². The van der Waals surface area contributed by atoms with E-state index in [0.717, 1.165) is 103 Å². The van der Waals surface area contributed by atoms with Crippen molar-refractivity contribution in [2.24, 2.45) is 0 Å². The summed E-state index contributed by atoms with van der Waals surface area (Å²) in [5.74, 6) is -0.482. The standard InChI is InChI=1S/C51H86O5/c1-4-7-10-13-16-19-22-25-26-28-29-32-35-38-41-44-50(52)55-48-49(47-54-46-43-40-37-34-31-24-21-18-15-12-9-6-3)56-51(53)45-42-39-36-33-30-27-23-20-17-14-11-8-5-2/h7-8,10-11,16-17,19-20,25-27,29-30,32,49H,4-6,9,12-15,18,21-24,28,31,33-48H2,1-3H3/b10-7-,11-8-,19-16-,20-17-,26-25-,30-27-,32-29-. The highest BCUT2D eigenvalue weighted by atomic mass is 16.6. The van der Waals surface area contributed by atoms with Crippen molar-refractivity contribution in [3.8, 4) is 0 Å². The van der Waals surface area contributed by atoms with Gasteiger partial charge in [0.1, 0.15) is 6.61 Å². The van der Waals surface area contributed by atoms with Crippen molar-refractivity contribution in [3.63, 3.8) is 0 Å². The van der Waals surface area contributed by atoms with Crippen LogP contribution in [-0.4, -0.2) is 37.9 Å². The average molecular weight is 779 g/mol. The molecule has 0 aliphatic rings. The monoisotopic (exact) mass is 779 g/mol. The number of hydrogen-bond donors (Lipinski definition) is 0. The first-order chi connectivity index (χ1) is 27.6. The van der Waals surface area contributed by atoms with E-state index in [1.165, 1.54) is 64.2 Å². The van der Waals surface area contributed by atoms with Crippen molar-refractivity contribution >= 4 is 11.9 Å². The summed E-state index contributed by atoms with van der Waals surface area (Å²) in [6, 6.07) is 0. The second-order valence-electron chi connectivity index (χ2n) is 14.9. The topological polar surface area (TPSA) is 61.8 Å². The Bertz CT molecular complexity index is 1060. The van der Waals surface area contributed by atoms with Crippen molar-refractivity contribution in [1.29, 1.82) is 0 Å². The molecule has 0 bridgehead atoms. The largest absolute Gasteiger partial charge is 0.462 e. The molecular weight excluding hydrogens is 693 g/mol. The molecule has 0 N–H and O–H groups in total. The Kier molecular flexibility index (Phi) is 44.0. The smallest absolute Gasteiger partial charge is 0.306 e. The Morgan fingerprint density at radius 3 is 1.30 bits per heavy atom. The zero-order valence-corrected chi connectivity index (χ0v) is 36.6. The number of allylic oxidation sites excluding steroid dienone is 14. The Morgan fingerprint density at radius 1 is 0.411 bits per heavy atom. The summed E-state index contributed by atoms with van der Waals surface area (Å²) in [6.07, 6.45) is 60.1. The molecule has 0 aliphatic carbocycles. The molecule has 5 nitrogen and oxygen atoms in total. The van der Waals surface area contributed by atoms with Crippen LogP contribution in [0.1, 0.15) is 201 Å². The molecule has 0 aromatic rings. The van der Waals surface area contributed by atoms with Gasteiger partial charge in [0, 0.05) is 19.4 Å². The number of hydrogen-bond acceptors (Lipinski definition) is 5. The maximum Gasteiger partial charge on any atom is 0.306 e. The summed E-state index contributed by atoms with van der Waals surface area (Å²) >= 11 is 0. The van der Waals surface area contributed by atoms with E-state index in [0.29, 0.717) is 19.4 Å². The predicted octanol–water partition coefficient (Wildman–Crippen LogP) is 15.3. The lowest BCUT2D eigenvalue weighted by molar-refractivity contribution is -0.163. The first-order valence-corrected chi connectivity index (χ1v) is 23.1. The van der Waals surface area contributed by atoms with Crippen molar-refractivity contribution in [2.75, 3.05) is 19.8 Å². The molecule has 0 amide bonds. The van der Waals surface area contributed by atoms with Crippen LogP contribution in [0.15, 0.2) is 85.1 Å². The number of ether oxygens (including phenoxy) is 3. The van der Waals surface area contributed by atoms with Crippen LogP contribution in [0.25, 0.3) is 0 Å². The van der Waals surface area contributed by atoms with Gasteiger partial charge in [0.2, 0.25) is 0 Å². The van der Waals surface area contributed by atoms with Gasteiger partial charge in [-0.15, -0.1) is 0 Å². The summed E-state index contributed by atoms with van der Waals surface area (Å²) < 4.78 is 17.3. The van der Waals surface area contributed by atoms with Gasteiger partial charge in [-0.1, -0.05) is 183 Å². The van der Waals surface area contributed by atoms with Crippen molar-refractivity contribution < 1.29 is 23.8 Å². The maximum absolute atomic E-state index is 12.7. The van der Waals surface area contributed by atoms with Crippen LogP contribution in [0.3, 0.4) is 0 Å². The quantitative estimate of drug-likeness (QED) is 0.0351. The molecule has 5 heteroatoms. The van der Waals surface area contributed by atoms with Gasteiger partial charge in [0.05, 0.1) is 6.61 Å². The van der Waals surface area contributed by atoms with Gasteiger partial charge in [-0.3, -0.25) is 9.59 Å². The molecule has 0 spiro atoms. The molecule has 0 aliphatic heterocycles. The summed E-state index contributed by atoms with van der Waals surface area (Å²) in [7, 11) is 0. The van der Waals surface area contributed by atoms with Gasteiger partial charge in [-0.25, -0.2) is 0 Å². The minimum Gasteiger partial charge on any atom is -0.462 e. The minimum atomic E-state index is -0.568. The fourth-order valence-electron chi connectivity index (χ4n) is 6.04. The summed E-state index contributed by atoms with van der Waals surface area (Å²) in [4.78, 5) is 25.2. The van der Waals surface area contributed by atoms with Crippen LogP contribution in [0, 0.1) is 0 Å². The summed E-state index contributed by atoms with van der Waals surface area (Å²) in [5, 5.41) is 0. The van der Waals surface area contributed by atoms with E-state index in [4.69, 9.17) is 14.2 Å². The predicted molar refractivity (Wildman–Crippen MR) is 242 cm³/mol. The average Bonchev–Trinajstić information content (AvgIpc) is 3.20. The molecule has 1 atom stereocenters. The van der Waals surface area contributed by atoms with Gasteiger partial charge in [-0.05, 0) is 89.9 Å². The molecular formula is C51H86O5. The summed E-state index contributed by atoms with van der Waals surface area (Å²) in [6.45, 7) is 7.52. The van der Waals surface area contributed by atoms with Gasteiger partial charge in [-0.2, -0.15) is 0 Å². The van der Waals surface area contributed by atoms with Crippen LogP contribution in [0.4, 0.5) is 0 Å². The van der Waals surface area contributed by atoms with Crippen LogP contribution in [0.5, 0.6) is 0 Å². The van der Waals surface area contributed by atoms with E-state index in [1.807, 2.05) is 0 Å². The fourth-order valence-corrected chi connectivity index (χ4v) is 6.04. The lowest BCUT2D eigenvalue weighted by Crippen LogP contribution is -2.30. The Morgan fingerprint density at radius 2 is 0.804 bits per heavy atom. The molecule has 320 valence electrons. The van der Waals surface area contributed by atoms with Gasteiger partial charge in [0.25, 0.3) is 0 Å². The Hall–Kier alpha value is -2.92. The molecule has 56 heavy (non-hydrogen) atoms. The molecule has 0 heterocycles. The molecule has 1 unspecified atom stereocenters. The number of rotatable bonds is 41. The highest BCUT2D eigenvalue weighted by Gasteiger charge is 2.17. The van der Waals surface area contributed by atoms with Crippen LogP contribution < -0.4 is 0 Å². The third-order valence-electron chi connectivity index (χ3n) is 9.43. The fraction of sp³-hybridized carbons (Fsp3) is 0.686. The first kappa shape index (κ1) is 53.1. The number of carbonyl (C=O) groups excluding carboxylic acids is 2. The first-order valence-electron chi connectivity index (χ1n) is 23.1. The zero-order chi connectivity index (χ0) is 40.7. The third kappa shape index (κ3) is 43.8. The normalized spacial score (nSPS) is 13.0. The summed E-state index contributed by atoms with van der Waals surface area (Å²) in [5.41, 5.74) is 0. The highest BCUT2D eigenvalue weighted by molar-refractivity contribution is 5.70. The van der Waals surface area contributed by atoms with E-state index in [1.54, 1.807) is 0 Å². The molecule has 0 fully saturated rings. The third-order valence-corrected chi connectivity index (χ3v) is 9.43. The van der Waals surface area contributed by atoms with E-state index < -0.39 is 6.10 Å². The van der Waals surface area contributed by atoms with Crippen molar-refractivity contribution in [2.45, 2.75) is 207 Å². The molecule has 0 radical (unpaired) electrons. The van der Waals surface area contributed by atoms with Crippen LogP contribution in [0.2, 0.25) is 0 Å². The van der Waals surface area contributed by atoms with Crippen molar-refractivity contribution in [1.82, 2.24) is 0 Å². The number of esters is 2. The molecule has 0 aromatic carbocycles. The molecule has 0 saturated heterocycles. The lowest BCUT2D eigenvalue weighted by atomic mass is 10.1. The molecule has 0 saturated carbocycles. The van der Waals surface area contributed by atoms with Gasteiger partial charge in [0.15, 0.2) is 6.10 Å². The highest BCUT2D eigenvalue weighted by Crippen LogP contribution is 2.13. The second kappa shape index (κ2) is 46.5. The lowest BCUT2D eigenvalue weighted by Gasteiger charge is -2.18. The Labute approximate surface area is 346 Å². The molecule has 0 rings (SSSR count). The van der Waals surface area contributed by atoms with Crippen molar-refractivity contribution in [3.05, 3.63) is 85.1 Å². The van der Waals surface area contributed by atoms with E-state index in [-0.39, 0.29) is 25.2 Å². The number of carbonyl (C=O) groups is 2. The van der Waals surface area contributed by atoms with Crippen LogP contribution >= 0.6 is 0 Å². The Balaban J connectivity index is 4.38. The van der Waals surface area contributed by atoms with E-state index >= 15 is 0 Å². The second-order valence-corrected chi connectivity index (χ2v) is 14.9. The van der Waals surface area contributed by atoms with E-state index in [2.05, 4.69) is 106 Å². The zero-order valence-electron chi connectivity index (χ0n) is 36.6. The maximum atomic E-state index is 12.7.